The van der Waals surface area contributed by atoms with Crippen molar-refractivity contribution in [1.29, 1.82) is 0 Å². The summed E-state index contributed by atoms with van der Waals surface area (Å²) in [4.78, 5) is 3.66. The number of rotatable bonds is 0. The second kappa shape index (κ2) is 6.01. The van der Waals surface area contributed by atoms with Crippen LogP contribution in [0.3, 0.4) is 0 Å². The summed E-state index contributed by atoms with van der Waals surface area (Å²) in [5.74, 6) is 0. The Hall–Kier alpha value is 2.30. The van der Waals surface area contributed by atoms with Crippen molar-refractivity contribution in [1.82, 2.24) is 4.42 Å². The van der Waals surface area contributed by atoms with Gasteiger partial charge in [-0.05, 0) is 0 Å². The van der Waals surface area contributed by atoms with Gasteiger partial charge in [-0.2, -0.15) is 0 Å². The maximum absolute atomic E-state index is 5.60. The molecule has 0 spiro atoms. The van der Waals surface area contributed by atoms with Gasteiger partial charge in [-0.25, -0.2) is 9.41 Å². The normalized spacial score (nSPS) is 23.6. The zero-order valence-corrected chi connectivity index (χ0v) is 12.8. The molecule has 1 aliphatic rings. The fraction of sp³-hybridized carbons (Fsp3) is 0.250. The van der Waals surface area contributed by atoms with E-state index in [9.17, 15) is 0 Å². The van der Waals surface area contributed by atoms with Crippen LogP contribution in [0.5, 0.6) is 0 Å². The fourth-order valence-electron chi connectivity index (χ4n) is 0.473. The van der Waals surface area contributed by atoms with E-state index in [-0.39, 0.29) is 66.7 Å². The molecule has 2 nitrogen and oxygen atoms in total. The molecule has 0 aromatic carbocycles. The van der Waals surface area contributed by atoms with Crippen molar-refractivity contribution < 1.29 is 0 Å². The number of hydrogen-bond donors (Lipinski definition) is 0. The minimum atomic E-state index is -0.806. The molecule has 0 saturated heterocycles. The summed E-state index contributed by atoms with van der Waals surface area (Å²) in [6.07, 6.45) is 0. The van der Waals surface area contributed by atoms with Crippen LogP contribution in [0, 0.1) is 0 Å². The predicted octanol–water partition coefficient (Wildman–Crippen LogP) is 2.88. The van der Waals surface area contributed by atoms with E-state index >= 15 is 0 Å². The van der Waals surface area contributed by atoms with E-state index < -0.39 is 5.62 Å². The Labute approximate surface area is 137 Å². The Morgan fingerprint density at radius 2 is 1.75 bits per heavy atom. The van der Waals surface area contributed by atoms with Crippen molar-refractivity contribution in [2.24, 2.45) is 4.99 Å². The Kier molecular flexibility index (Phi) is 7.15. The third-order valence-corrected chi connectivity index (χ3v) is 3.00. The molecule has 1 radical (unpaired) electrons. The Bertz CT molecular complexity index is 240. The molecular formula is C4HCl5KN2. The van der Waals surface area contributed by atoms with Crippen molar-refractivity contribution in [2.75, 3.05) is 0 Å². The first-order chi connectivity index (χ1) is 5.04. The zero-order chi connectivity index (χ0) is 8.59. The van der Waals surface area contributed by atoms with Crippen molar-refractivity contribution in [3.63, 3.8) is 0 Å². The first-order valence-electron chi connectivity index (χ1n) is 2.42. The van der Waals surface area contributed by atoms with E-state index in [0.29, 0.717) is 0 Å². The monoisotopic (exact) mass is 291 g/mol. The van der Waals surface area contributed by atoms with Gasteiger partial charge in [0.05, 0.1) is 0 Å². The standard InChI is InChI=1S/C4HCl5N2.K/c5-1-2(6)10-4(8)11(9)3(1)7;/h4H;. The molecule has 1 rings (SSSR count). The van der Waals surface area contributed by atoms with Crippen LogP contribution < -0.4 is 0 Å². The van der Waals surface area contributed by atoms with Crippen molar-refractivity contribution in [2.45, 2.75) is 5.62 Å². The summed E-state index contributed by atoms with van der Waals surface area (Å²) in [6, 6.07) is 0. The topological polar surface area (TPSA) is 15.6 Å². The average Bonchev–Trinajstić information content (AvgIpc) is 1.97. The molecule has 1 atom stereocenters. The van der Waals surface area contributed by atoms with E-state index in [1.54, 1.807) is 0 Å². The SMILES string of the molecule is ClC1=NC(Cl)N(Cl)C(Cl)=C1Cl.[K]. The number of aliphatic imine (C=N–C) groups is 1. The third kappa shape index (κ3) is 3.16. The summed E-state index contributed by atoms with van der Waals surface area (Å²) in [6.45, 7) is 0. The van der Waals surface area contributed by atoms with Crippen LogP contribution in [0.25, 0.3) is 0 Å². The summed E-state index contributed by atoms with van der Waals surface area (Å²) in [7, 11) is 0. The van der Waals surface area contributed by atoms with E-state index in [0.717, 1.165) is 4.42 Å². The van der Waals surface area contributed by atoms with E-state index in [2.05, 4.69) is 4.99 Å². The first kappa shape index (κ1) is 14.3. The smallest absolute Gasteiger partial charge is 0.213 e. The quantitative estimate of drug-likeness (QED) is 0.290. The molecule has 0 fully saturated rings. The largest absolute Gasteiger partial charge is 0.235 e. The van der Waals surface area contributed by atoms with Crippen LogP contribution in [0.4, 0.5) is 0 Å². The molecule has 0 saturated carbocycles. The van der Waals surface area contributed by atoms with Gasteiger partial charge in [0.1, 0.15) is 15.4 Å². The van der Waals surface area contributed by atoms with Crippen LogP contribution in [0.1, 0.15) is 0 Å². The number of allylic oxidation sites excluding steroid dienone is 1. The maximum atomic E-state index is 5.60. The van der Waals surface area contributed by atoms with Crippen LogP contribution in [-0.2, 0) is 0 Å². The van der Waals surface area contributed by atoms with Crippen LogP contribution >= 0.6 is 58.2 Å². The molecule has 1 aliphatic heterocycles. The Balaban J connectivity index is 0.00000121. The van der Waals surface area contributed by atoms with E-state index in [1.165, 1.54) is 0 Å². The molecule has 1 unspecified atom stereocenters. The minimum absolute atomic E-state index is 0. The van der Waals surface area contributed by atoms with Crippen LogP contribution in [0.2, 0.25) is 0 Å². The summed E-state index contributed by atoms with van der Waals surface area (Å²) >= 11 is 27.8. The van der Waals surface area contributed by atoms with Crippen LogP contribution in [0.15, 0.2) is 15.2 Å². The third-order valence-electron chi connectivity index (χ3n) is 0.957. The Morgan fingerprint density at radius 3 is 2.25 bits per heavy atom. The fourth-order valence-corrected chi connectivity index (χ4v) is 1.49. The molecule has 0 aromatic heterocycles. The van der Waals surface area contributed by atoms with Gasteiger partial charge in [-0.1, -0.05) is 46.4 Å². The van der Waals surface area contributed by atoms with Gasteiger partial charge in [0.25, 0.3) is 0 Å². The molecular weight excluding hydrogens is 292 g/mol. The summed E-state index contributed by atoms with van der Waals surface area (Å²) < 4.78 is 0.983. The van der Waals surface area contributed by atoms with Gasteiger partial charge in [0.2, 0.25) is 5.62 Å². The van der Waals surface area contributed by atoms with Gasteiger partial charge in [0.15, 0.2) is 0 Å². The second-order valence-corrected chi connectivity index (χ2v) is 3.50. The van der Waals surface area contributed by atoms with Gasteiger partial charge in [-0.15, -0.1) is 0 Å². The molecule has 0 aliphatic carbocycles. The number of alkyl halides is 1. The second-order valence-electron chi connectivity index (χ2n) is 1.65. The molecule has 63 valence electrons. The molecule has 0 amide bonds. The zero-order valence-electron chi connectivity index (χ0n) is 5.86. The number of hydrogen-bond acceptors (Lipinski definition) is 2. The van der Waals surface area contributed by atoms with Crippen molar-refractivity contribution in [3.8, 4) is 0 Å². The number of halogens is 5. The molecule has 0 aromatic rings. The first-order valence-corrected chi connectivity index (χ1v) is 4.33. The average molecular weight is 293 g/mol. The van der Waals surface area contributed by atoms with E-state index in [4.69, 9.17) is 58.2 Å². The van der Waals surface area contributed by atoms with Gasteiger partial charge < -0.3 is 0 Å². The maximum Gasteiger partial charge on any atom is 0.213 e. The predicted molar refractivity (Wildman–Crippen MR) is 55.1 cm³/mol. The molecule has 1 heterocycles. The number of nitrogens with zero attached hydrogens (tertiary/aromatic N) is 2. The molecule has 12 heavy (non-hydrogen) atoms. The summed E-state index contributed by atoms with van der Waals surface area (Å²) in [5.41, 5.74) is -0.806. The minimum Gasteiger partial charge on any atom is -0.235 e. The van der Waals surface area contributed by atoms with Crippen molar-refractivity contribution >= 4 is 115 Å². The van der Waals surface area contributed by atoms with Gasteiger partial charge >= 0.3 is 0 Å². The molecule has 0 N–H and O–H groups in total. The van der Waals surface area contributed by atoms with Crippen molar-refractivity contribution in [3.05, 3.63) is 10.2 Å². The van der Waals surface area contributed by atoms with Crippen LogP contribution in [-0.4, -0.2) is 66.6 Å². The summed E-state index contributed by atoms with van der Waals surface area (Å²) in [5, 5.41) is 0.238. The molecule has 0 bridgehead atoms. The molecule has 8 heteroatoms. The van der Waals surface area contributed by atoms with Gasteiger partial charge in [-0.3, -0.25) is 0 Å². The van der Waals surface area contributed by atoms with E-state index in [1.807, 2.05) is 0 Å². The van der Waals surface area contributed by atoms with Gasteiger partial charge in [0, 0.05) is 63.2 Å². The Morgan fingerprint density at radius 1 is 1.25 bits per heavy atom.